The third-order valence-corrected chi connectivity index (χ3v) is 3.53. The monoisotopic (exact) mass is 260 g/mol. The zero-order valence-electron chi connectivity index (χ0n) is 11.3. The molecule has 19 heavy (non-hydrogen) atoms. The van der Waals surface area contributed by atoms with Crippen molar-refractivity contribution >= 4 is 0 Å². The molecule has 0 aliphatic carbocycles. The van der Waals surface area contributed by atoms with Gasteiger partial charge in [0.2, 0.25) is 0 Å². The average Bonchev–Trinajstić information content (AvgIpc) is 2.98. The molecule has 102 valence electrons. The Balaban J connectivity index is 1.77. The van der Waals surface area contributed by atoms with Crippen LogP contribution in [0.3, 0.4) is 0 Å². The first-order chi connectivity index (χ1) is 9.29. The number of nitrogens with one attached hydrogen (secondary N) is 1. The fourth-order valence-corrected chi connectivity index (χ4v) is 2.21. The first-order valence-electron chi connectivity index (χ1n) is 6.69. The molecule has 1 aliphatic heterocycles. The van der Waals surface area contributed by atoms with E-state index in [0.717, 1.165) is 31.9 Å². The maximum atomic E-state index is 8.44. The zero-order chi connectivity index (χ0) is 13.5. The molecule has 1 aliphatic rings. The van der Waals surface area contributed by atoms with Gasteiger partial charge in [-0.3, -0.25) is 0 Å². The Morgan fingerprint density at radius 2 is 2.26 bits per heavy atom. The number of nitriles is 1. The topological polar surface area (TPSA) is 54.3 Å². The third-order valence-electron chi connectivity index (χ3n) is 3.53. The summed E-state index contributed by atoms with van der Waals surface area (Å²) in [7, 11) is 0. The molecule has 1 fully saturated rings. The summed E-state index contributed by atoms with van der Waals surface area (Å²) >= 11 is 0. The number of hydrogen-bond acceptors (Lipinski definition) is 4. The molecule has 1 saturated heterocycles. The van der Waals surface area contributed by atoms with Crippen LogP contribution < -0.4 is 10.1 Å². The molecule has 1 aromatic rings. The molecular formula is C15H20N2O2. The van der Waals surface area contributed by atoms with Crippen LogP contribution in [0.1, 0.15) is 18.9 Å². The molecule has 4 nitrogen and oxygen atoms in total. The number of rotatable bonds is 6. The standard InChI is InChI=1S/C15H20N2O2/c1-12(14-6-8-18-11-14)17-10-13-2-4-15(5-3-13)19-9-7-16/h2-5,12,14,17H,6,8-11H2,1H3. The molecule has 2 unspecified atom stereocenters. The van der Waals surface area contributed by atoms with Gasteiger partial charge in [-0.1, -0.05) is 12.1 Å². The van der Waals surface area contributed by atoms with Crippen molar-refractivity contribution in [3.05, 3.63) is 29.8 Å². The highest BCUT2D eigenvalue weighted by Crippen LogP contribution is 2.17. The van der Waals surface area contributed by atoms with E-state index < -0.39 is 0 Å². The Bertz CT molecular complexity index is 419. The third kappa shape index (κ3) is 4.23. The summed E-state index contributed by atoms with van der Waals surface area (Å²) in [5, 5.41) is 12.0. The lowest BCUT2D eigenvalue weighted by molar-refractivity contribution is 0.178. The van der Waals surface area contributed by atoms with Crippen LogP contribution in [0.4, 0.5) is 0 Å². The van der Waals surface area contributed by atoms with Crippen LogP contribution in [0.15, 0.2) is 24.3 Å². The van der Waals surface area contributed by atoms with Gasteiger partial charge in [0, 0.05) is 19.2 Å². The zero-order valence-corrected chi connectivity index (χ0v) is 11.3. The summed E-state index contributed by atoms with van der Waals surface area (Å²) in [6, 6.07) is 10.3. The van der Waals surface area contributed by atoms with E-state index in [0.29, 0.717) is 12.0 Å². The largest absolute Gasteiger partial charge is 0.479 e. The molecule has 2 atom stereocenters. The van der Waals surface area contributed by atoms with Gasteiger partial charge in [0.1, 0.15) is 11.8 Å². The summed E-state index contributed by atoms with van der Waals surface area (Å²) in [4.78, 5) is 0. The fraction of sp³-hybridized carbons (Fsp3) is 0.533. The minimum atomic E-state index is 0.0936. The number of ether oxygens (including phenoxy) is 2. The van der Waals surface area contributed by atoms with Crippen molar-refractivity contribution in [1.82, 2.24) is 5.32 Å². The van der Waals surface area contributed by atoms with Crippen LogP contribution >= 0.6 is 0 Å². The van der Waals surface area contributed by atoms with Gasteiger partial charge in [0.15, 0.2) is 6.61 Å². The minimum Gasteiger partial charge on any atom is -0.479 e. The molecule has 4 heteroatoms. The molecule has 1 N–H and O–H groups in total. The molecule has 0 amide bonds. The highest BCUT2D eigenvalue weighted by molar-refractivity contribution is 5.27. The Morgan fingerprint density at radius 1 is 1.47 bits per heavy atom. The van der Waals surface area contributed by atoms with Crippen molar-refractivity contribution in [2.24, 2.45) is 5.92 Å². The van der Waals surface area contributed by atoms with Gasteiger partial charge >= 0.3 is 0 Å². The van der Waals surface area contributed by atoms with Crippen molar-refractivity contribution in [3.8, 4) is 11.8 Å². The van der Waals surface area contributed by atoms with Crippen molar-refractivity contribution in [2.75, 3.05) is 19.8 Å². The van der Waals surface area contributed by atoms with Gasteiger partial charge in [0.25, 0.3) is 0 Å². The second-order valence-corrected chi connectivity index (χ2v) is 4.88. The Kier molecular flexibility index (Phi) is 5.20. The highest BCUT2D eigenvalue weighted by atomic mass is 16.5. The summed E-state index contributed by atoms with van der Waals surface area (Å²) in [6.07, 6.45) is 1.15. The molecule has 0 aromatic heterocycles. The smallest absolute Gasteiger partial charge is 0.174 e. The van der Waals surface area contributed by atoms with Crippen molar-refractivity contribution in [1.29, 1.82) is 5.26 Å². The van der Waals surface area contributed by atoms with E-state index >= 15 is 0 Å². The van der Waals surface area contributed by atoms with Gasteiger partial charge < -0.3 is 14.8 Å². The van der Waals surface area contributed by atoms with Gasteiger partial charge in [0.05, 0.1) is 6.61 Å². The molecule has 1 aromatic carbocycles. The molecule has 1 heterocycles. The minimum absolute atomic E-state index is 0.0936. The van der Waals surface area contributed by atoms with Crippen LogP contribution in [0, 0.1) is 17.2 Å². The van der Waals surface area contributed by atoms with Gasteiger partial charge in [-0.25, -0.2) is 0 Å². The summed E-state index contributed by atoms with van der Waals surface area (Å²) in [5.74, 6) is 1.36. The molecule has 0 bridgehead atoms. The summed E-state index contributed by atoms with van der Waals surface area (Å²) < 4.78 is 10.6. The molecule has 2 rings (SSSR count). The Morgan fingerprint density at radius 3 is 2.89 bits per heavy atom. The van der Waals surface area contributed by atoms with E-state index in [9.17, 15) is 0 Å². The van der Waals surface area contributed by atoms with Crippen molar-refractivity contribution < 1.29 is 9.47 Å². The van der Waals surface area contributed by atoms with Crippen LogP contribution in [-0.4, -0.2) is 25.9 Å². The molecule has 0 saturated carbocycles. The first kappa shape index (κ1) is 13.9. The Hall–Kier alpha value is -1.57. The van der Waals surface area contributed by atoms with Gasteiger partial charge in [-0.05, 0) is 37.0 Å². The van der Waals surface area contributed by atoms with Crippen molar-refractivity contribution in [2.45, 2.75) is 25.9 Å². The van der Waals surface area contributed by atoms with Crippen LogP contribution in [-0.2, 0) is 11.3 Å². The fourth-order valence-electron chi connectivity index (χ4n) is 2.21. The first-order valence-corrected chi connectivity index (χ1v) is 6.69. The number of nitrogens with zero attached hydrogens (tertiary/aromatic N) is 1. The highest BCUT2D eigenvalue weighted by Gasteiger charge is 2.21. The van der Waals surface area contributed by atoms with Crippen LogP contribution in [0.2, 0.25) is 0 Å². The predicted octanol–water partition coefficient (Wildman–Crippen LogP) is 2.10. The van der Waals surface area contributed by atoms with Crippen LogP contribution in [0.5, 0.6) is 5.75 Å². The van der Waals surface area contributed by atoms with E-state index in [1.165, 1.54) is 5.56 Å². The normalized spacial score (nSPS) is 19.9. The molecule has 0 spiro atoms. The van der Waals surface area contributed by atoms with E-state index in [-0.39, 0.29) is 6.61 Å². The van der Waals surface area contributed by atoms with E-state index in [1.54, 1.807) is 0 Å². The lowest BCUT2D eigenvalue weighted by atomic mass is 10.0. The van der Waals surface area contributed by atoms with E-state index in [2.05, 4.69) is 12.2 Å². The summed E-state index contributed by atoms with van der Waals surface area (Å²) in [5.41, 5.74) is 1.22. The van der Waals surface area contributed by atoms with Gasteiger partial charge in [-0.2, -0.15) is 5.26 Å². The predicted molar refractivity (Wildman–Crippen MR) is 72.8 cm³/mol. The maximum absolute atomic E-state index is 8.44. The van der Waals surface area contributed by atoms with Crippen LogP contribution in [0.25, 0.3) is 0 Å². The second-order valence-electron chi connectivity index (χ2n) is 4.88. The number of benzene rings is 1. The van der Waals surface area contributed by atoms with E-state index in [4.69, 9.17) is 14.7 Å². The lowest BCUT2D eigenvalue weighted by Gasteiger charge is -2.19. The van der Waals surface area contributed by atoms with Crippen molar-refractivity contribution in [3.63, 3.8) is 0 Å². The molecule has 0 radical (unpaired) electrons. The SMILES string of the molecule is CC(NCc1ccc(OCC#N)cc1)C1CCOC1. The quantitative estimate of drug-likeness (QED) is 0.851. The Labute approximate surface area is 114 Å². The summed E-state index contributed by atoms with van der Waals surface area (Å²) in [6.45, 7) is 4.91. The second kappa shape index (κ2) is 7.13. The lowest BCUT2D eigenvalue weighted by Crippen LogP contribution is -2.33. The van der Waals surface area contributed by atoms with E-state index in [1.807, 2.05) is 30.3 Å². The van der Waals surface area contributed by atoms with Gasteiger partial charge in [-0.15, -0.1) is 0 Å². The average molecular weight is 260 g/mol. The number of hydrogen-bond donors (Lipinski definition) is 1. The molecular weight excluding hydrogens is 240 g/mol. The maximum Gasteiger partial charge on any atom is 0.174 e.